The summed E-state index contributed by atoms with van der Waals surface area (Å²) in [6, 6.07) is 5.46. The Morgan fingerprint density at radius 1 is 1.50 bits per heavy atom. The van der Waals surface area contributed by atoms with Crippen LogP contribution >= 0.6 is 0 Å². The summed E-state index contributed by atoms with van der Waals surface area (Å²) in [5, 5.41) is 15.8. The first-order chi connectivity index (χ1) is 7.58. The number of hydrogen-bond donors (Lipinski definition) is 2. The molecule has 0 aliphatic heterocycles. The fourth-order valence-corrected chi connectivity index (χ4v) is 0.822. The van der Waals surface area contributed by atoms with E-state index in [1.54, 1.807) is 5.43 Å². The van der Waals surface area contributed by atoms with E-state index < -0.39 is 11.0 Å². The molecule has 0 unspecified atom stereocenters. The third-order valence-corrected chi connectivity index (χ3v) is 1.45. The molecule has 0 heterocycles. The molecule has 0 saturated carbocycles. The van der Waals surface area contributed by atoms with Gasteiger partial charge in [0.2, 0.25) is 0 Å². The summed E-state index contributed by atoms with van der Waals surface area (Å²) in [5.41, 5.74) is 7.30. The maximum Gasteiger partial charge on any atom is 0.275 e. The van der Waals surface area contributed by atoms with Crippen LogP contribution in [-0.2, 0) is 0 Å². The predicted molar refractivity (Wildman–Crippen MR) is 55.7 cm³/mol. The number of hydrazine groups is 1. The van der Waals surface area contributed by atoms with E-state index in [1.807, 2.05) is 0 Å². The molecule has 16 heavy (non-hydrogen) atoms. The molecule has 1 aromatic carbocycles. The van der Waals surface area contributed by atoms with Crippen LogP contribution < -0.4 is 11.2 Å². The molecule has 0 fully saturated rings. The molecule has 0 bridgehead atoms. The van der Waals surface area contributed by atoms with Crippen molar-refractivity contribution >= 4 is 12.2 Å². The maximum absolute atomic E-state index is 12.5. The molecule has 0 atom stereocenters. The van der Waals surface area contributed by atoms with Gasteiger partial charge < -0.3 is 5.73 Å². The van der Waals surface area contributed by atoms with Gasteiger partial charge in [-0.1, -0.05) is 17.6 Å². The molecule has 0 saturated heterocycles. The number of nitrogens with two attached hydrogens (primary N) is 1. The molecule has 1 rings (SSSR count). The molecule has 0 aliphatic rings. The third-order valence-electron chi connectivity index (χ3n) is 1.45. The van der Waals surface area contributed by atoms with Crippen molar-refractivity contribution in [1.82, 2.24) is 5.43 Å². The minimum Gasteiger partial charge on any atom is -0.364 e. The topological polar surface area (TPSA) is 106 Å². The van der Waals surface area contributed by atoms with Gasteiger partial charge in [0.25, 0.3) is 5.96 Å². The number of rotatable bonds is 3. The van der Waals surface area contributed by atoms with Crippen LogP contribution in [0.2, 0.25) is 0 Å². The molecular formula is C8H8FN5O2. The van der Waals surface area contributed by atoms with Crippen molar-refractivity contribution in [1.29, 1.82) is 0 Å². The van der Waals surface area contributed by atoms with E-state index in [0.717, 1.165) is 0 Å². The summed E-state index contributed by atoms with van der Waals surface area (Å²) in [4.78, 5) is 9.92. The molecule has 1 aromatic rings. The lowest BCUT2D eigenvalue weighted by atomic mass is 10.2. The molecule has 8 heteroatoms. The van der Waals surface area contributed by atoms with Gasteiger partial charge in [0.15, 0.2) is 5.03 Å². The van der Waals surface area contributed by atoms with Gasteiger partial charge in [0, 0.05) is 0 Å². The van der Waals surface area contributed by atoms with Gasteiger partial charge in [-0.15, -0.1) is 5.10 Å². The highest BCUT2D eigenvalue weighted by atomic mass is 19.1. The van der Waals surface area contributed by atoms with Crippen molar-refractivity contribution in [2.75, 3.05) is 0 Å². The van der Waals surface area contributed by atoms with Crippen molar-refractivity contribution in [3.63, 3.8) is 0 Å². The summed E-state index contributed by atoms with van der Waals surface area (Å²) >= 11 is 0. The Hall–Kier alpha value is -2.51. The minimum absolute atomic E-state index is 0.366. The maximum atomic E-state index is 12.5. The second-order valence-electron chi connectivity index (χ2n) is 2.65. The van der Waals surface area contributed by atoms with Gasteiger partial charge >= 0.3 is 0 Å². The summed E-state index contributed by atoms with van der Waals surface area (Å²) in [7, 11) is 0. The first-order valence-electron chi connectivity index (χ1n) is 4.11. The first-order valence-corrected chi connectivity index (χ1v) is 4.11. The number of halogens is 1. The number of benzene rings is 1. The Morgan fingerprint density at radius 2 is 2.12 bits per heavy atom. The van der Waals surface area contributed by atoms with E-state index in [1.165, 1.54) is 30.5 Å². The first kappa shape index (κ1) is 11.6. The second-order valence-corrected chi connectivity index (χ2v) is 2.65. The van der Waals surface area contributed by atoms with E-state index in [2.05, 4.69) is 10.2 Å². The van der Waals surface area contributed by atoms with Crippen molar-refractivity contribution in [3.8, 4) is 0 Å². The van der Waals surface area contributed by atoms with Crippen LogP contribution in [0.3, 0.4) is 0 Å². The summed E-state index contributed by atoms with van der Waals surface area (Å²) < 4.78 is 12.5. The Morgan fingerprint density at radius 3 is 2.69 bits per heavy atom. The molecule has 0 spiro atoms. The van der Waals surface area contributed by atoms with Crippen LogP contribution in [0.25, 0.3) is 0 Å². The largest absolute Gasteiger partial charge is 0.364 e. The number of hydrogen-bond acceptors (Lipinski definition) is 4. The normalized spacial score (nSPS) is 11.7. The minimum atomic E-state index is -0.855. The molecule has 0 aromatic heterocycles. The third kappa shape index (κ3) is 4.13. The lowest BCUT2D eigenvalue weighted by molar-refractivity contribution is -0.525. The van der Waals surface area contributed by atoms with E-state index in [0.29, 0.717) is 5.56 Å². The van der Waals surface area contributed by atoms with Crippen LogP contribution in [0, 0.1) is 15.9 Å². The van der Waals surface area contributed by atoms with E-state index in [4.69, 9.17) is 5.73 Å². The van der Waals surface area contributed by atoms with Crippen LogP contribution in [0.5, 0.6) is 0 Å². The Kier molecular flexibility index (Phi) is 3.90. The fraction of sp³-hybridized carbons (Fsp3) is 0. The summed E-state index contributed by atoms with van der Waals surface area (Å²) in [6.07, 6.45) is 1.29. The number of nitro groups is 1. The molecule has 3 N–H and O–H groups in total. The Labute approximate surface area is 89.6 Å². The number of guanidine groups is 1. The van der Waals surface area contributed by atoms with Crippen LogP contribution in [0.1, 0.15) is 5.56 Å². The van der Waals surface area contributed by atoms with Crippen LogP contribution in [-0.4, -0.2) is 17.2 Å². The predicted octanol–water partition coefficient (Wildman–Crippen LogP) is 0.256. The molecule has 0 radical (unpaired) electrons. The van der Waals surface area contributed by atoms with Crippen molar-refractivity contribution in [2.45, 2.75) is 0 Å². The van der Waals surface area contributed by atoms with Crippen molar-refractivity contribution < 1.29 is 9.42 Å². The molecule has 84 valence electrons. The zero-order chi connectivity index (χ0) is 12.0. The monoisotopic (exact) mass is 225 g/mol. The van der Waals surface area contributed by atoms with Crippen LogP contribution in [0.4, 0.5) is 4.39 Å². The van der Waals surface area contributed by atoms with Crippen molar-refractivity contribution in [2.24, 2.45) is 15.9 Å². The molecule has 0 amide bonds. The van der Waals surface area contributed by atoms with Gasteiger partial charge in [-0.2, -0.15) is 5.10 Å². The summed E-state index contributed by atoms with van der Waals surface area (Å²) in [5.74, 6) is -0.807. The van der Waals surface area contributed by atoms with Gasteiger partial charge in [0.1, 0.15) is 5.82 Å². The number of nitrogens with one attached hydrogen (secondary N) is 1. The molecule has 0 aliphatic carbocycles. The fourth-order valence-electron chi connectivity index (χ4n) is 0.822. The van der Waals surface area contributed by atoms with Gasteiger partial charge in [0.05, 0.1) is 6.21 Å². The summed E-state index contributed by atoms with van der Waals surface area (Å²) in [6.45, 7) is 0. The number of nitrogens with zero attached hydrogens (tertiary/aromatic N) is 3. The zero-order valence-electron chi connectivity index (χ0n) is 8.00. The lowest BCUT2D eigenvalue weighted by Crippen LogP contribution is -2.35. The Balaban J connectivity index is 2.60. The van der Waals surface area contributed by atoms with Crippen molar-refractivity contribution in [3.05, 3.63) is 45.8 Å². The van der Waals surface area contributed by atoms with E-state index in [-0.39, 0.29) is 5.82 Å². The molecular weight excluding hydrogens is 217 g/mol. The second kappa shape index (κ2) is 5.39. The van der Waals surface area contributed by atoms with E-state index in [9.17, 15) is 14.5 Å². The smallest absolute Gasteiger partial charge is 0.275 e. The highest BCUT2D eigenvalue weighted by Crippen LogP contribution is 1.99. The standard InChI is InChI=1S/C8H8FN5O2/c9-7-3-1-6(2-4-7)5-11-12-8(10)13-14(15)16/h1-5H,(H3,10,12,13)/b11-5+. The zero-order valence-corrected chi connectivity index (χ0v) is 8.00. The highest BCUT2D eigenvalue weighted by molar-refractivity contribution is 5.81. The van der Waals surface area contributed by atoms with Gasteiger partial charge in [-0.05, 0) is 17.7 Å². The van der Waals surface area contributed by atoms with E-state index >= 15 is 0 Å². The quantitative estimate of drug-likeness (QED) is 0.333. The molecule has 7 nitrogen and oxygen atoms in total. The lowest BCUT2D eigenvalue weighted by Gasteiger charge is -1.92. The highest BCUT2D eigenvalue weighted by Gasteiger charge is 1.96. The van der Waals surface area contributed by atoms with Crippen LogP contribution in [0.15, 0.2) is 34.5 Å². The SMILES string of the molecule is N/C(=N/N=C/c1ccc(F)cc1)N[N+](=O)[O-]. The average Bonchev–Trinajstić information content (AvgIpc) is 2.20. The Bertz CT molecular complexity index is 429. The average molecular weight is 225 g/mol. The van der Waals surface area contributed by atoms with Gasteiger partial charge in [-0.25, -0.2) is 14.5 Å². The van der Waals surface area contributed by atoms with Gasteiger partial charge in [-0.3, -0.25) is 0 Å².